The summed E-state index contributed by atoms with van der Waals surface area (Å²) in [5.74, 6) is -0.361. The number of fused-ring (bicyclic) bond motifs is 1. The van der Waals surface area contributed by atoms with Gasteiger partial charge in [0.2, 0.25) is 0 Å². The van der Waals surface area contributed by atoms with Crippen LogP contribution >= 0.6 is 0 Å². The summed E-state index contributed by atoms with van der Waals surface area (Å²) in [7, 11) is 1.57. The topological polar surface area (TPSA) is 81.4 Å². The molecule has 0 aliphatic rings. The van der Waals surface area contributed by atoms with E-state index in [1.165, 1.54) is 29.1 Å². The standard InChI is InChI=1S/C16H12N2O4/c1-22-12-5-3-11(4-6-12)18-9-17-14-8-10(16(20)21)2-7-13(14)15(18)19/h2-9H,1H3,(H,20,21). The number of rotatable bonds is 3. The zero-order valence-electron chi connectivity index (χ0n) is 11.7. The van der Waals surface area contributed by atoms with Crippen molar-refractivity contribution < 1.29 is 14.6 Å². The minimum atomic E-state index is -1.05. The molecule has 1 heterocycles. The van der Waals surface area contributed by atoms with Gasteiger partial charge in [0.25, 0.3) is 5.56 Å². The molecule has 1 N–H and O–H groups in total. The van der Waals surface area contributed by atoms with Crippen molar-refractivity contribution in [3.8, 4) is 11.4 Å². The number of carboxylic acid groups (broad SMARTS) is 1. The van der Waals surface area contributed by atoms with E-state index in [9.17, 15) is 9.59 Å². The van der Waals surface area contributed by atoms with Crippen LogP contribution in [0.5, 0.6) is 5.75 Å². The van der Waals surface area contributed by atoms with Gasteiger partial charge in [0.05, 0.1) is 29.3 Å². The Morgan fingerprint density at radius 1 is 1.18 bits per heavy atom. The van der Waals surface area contributed by atoms with Gasteiger partial charge in [-0.3, -0.25) is 9.36 Å². The second-order valence-electron chi connectivity index (χ2n) is 4.65. The van der Waals surface area contributed by atoms with Crippen LogP contribution in [0.2, 0.25) is 0 Å². The molecule has 2 aromatic carbocycles. The maximum atomic E-state index is 12.5. The quantitative estimate of drug-likeness (QED) is 0.800. The van der Waals surface area contributed by atoms with E-state index in [2.05, 4.69) is 4.98 Å². The van der Waals surface area contributed by atoms with E-state index in [0.29, 0.717) is 22.3 Å². The zero-order chi connectivity index (χ0) is 15.7. The predicted molar refractivity (Wildman–Crippen MR) is 80.9 cm³/mol. The minimum absolute atomic E-state index is 0.0987. The molecule has 0 atom stereocenters. The van der Waals surface area contributed by atoms with Gasteiger partial charge in [-0.1, -0.05) is 0 Å². The van der Waals surface area contributed by atoms with Crippen molar-refractivity contribution in [2.75, 3.05) is 7.11 Å². The molecule has 6 nitrogen and oxygen atoms in total. The SMILES string of the molecule is COc1ccc(-n2cnc3cc(C(=O)O)ccc3c2=O)cc1. The smallest absolute Gasteiger partial charge is 0.335 e. The summed E-state index contributed by atoms with van der Waals surface area (Å²) in [6.07, 6.45) is 1.39. The highest BCUT2D eigenvalue weighted by Crippen LogP contribution is 2.15. The first-order chi connectivity index (χ1) is 10.6. The van der Waals surface area contributed by atoms with Crippen molar-refractivity contribution in [1.82, 2.24) is 9.55 Å². The molecular formula is C16H12N2O4. The number of hydrogen-bond acceptors (Lipinski definition) is 4. The van der Waals surface area contributed by atoms with Crippen LogP contribution in [0.1, 0.15) is 10.4 Å². The molecule has 22 heavy (non-hydrogen) atoms. The molecule has 6 heteroatoms. The van der Waals surface area contributed by atoms with E-state index in [1.807, 2.05) is 0 Å². The number of aromatic carboxylic acids is 1. The summed E-state index contributed by atoms with van der Waals surface area (Å²) < 4.78 is 6.49. The van der Waals surface area contributed by atoms with Crippen LogP contribution in [-0.2, 0) is 0 Å². The Hall–Kier alpha value is -3.15. The summed E-state index contributed by atoms with van der Waals surface area (Å²) in [5.41, 5.74) is 0.853. The Bertz CT molecular complexity index is 914. The summed E-state index contributed by atoms with van der Waals surface area (Å²) >= 11 is 0. The second kappa shape index (κ2) is 5.33. The highest BCUT2D eigenvalue weighted by molar-refractivity contribution is 5.92. The third kappa shape index (κ3) is 2.31. The highest BCUT2D eigenvalue weighted by atomic mass is 16.5. The maximum absolute atomic E-state index is 12.5. The first-order valence-electron chi connectivity index (χ1n) is 6.49. The predicted octanol–water partition coefficient (Wildman–Crippen LogP) is 2.09. The van der Waals surface area contributed by atoms with Gasteiger partial charge in [0, 0.05) is 0 Å². The molecule has 0 unspecified atom stereocenters. The van der Waals surface area contributed by atoms with Crippen molar-refractivity contribution in [2.24, 2.45) is 0 Å². The van der Waals surface area contributed by atoms with Crippen molar-refractivity contribution in [3.05, 3.63) is 64.7 Å². The third-order valence-corrected chi connectivity index (χ3v) is 3.36. The molecule has 110 valence electrons. The second-order valence-corrected chi connectivity index (χ2v) is 4.65. The van der Waals surface area contributed by atoms with Crippen LogP contribution in [-0.4, -0.2) is 27.7 Å². The Morgan fingerprint density at radius 2 is 1.91 bits per heavy atom. The van der Waals surface area contributed by atoms with Crippen molar-refractivity contribution in [1.29, 1.82) is 0 Å². The van der Waals surface area contributed by atoms with Gasteiger partial charge < -0.3 is 9.84 Å². The summed E-state index contributed by atoms with van der Waals surface area (Å²) in [6.45, 7) is 0. The number of carbonyl (C=O) groups is 1. The lowest BCUT2D eigenvalue weighted by molar-refractivity contribution is 0.0697. The summed E-state index contributed by atoms with van der Waals surface area (Å²) in [6, 6.07) is 11.3. The Labute approximate surface area is 125 Å². The van der Waals surface area contributed by atoms with Gasteiger partial charge >= 0.3 is 5.97 Å². The molecular weight excluding hydrogens is 284 g/mol. The van der Waals surface area contributed by atoms with Gasteiger partial charge in [-0.25, -0.2) is 9.78 Å². The van der Waals surface area contributed by atoms with Crippen LogP contribution in [0.3, 0.4) is 0 Å². The van der Waals surface area contributed by atoms with Gasteiger partial charge in [-0.15, -0.1) is 0 Å². The zero-order valence-corrected chi connectivity index (χ0v) is 11.7. The molecule has 3 rings (SSSR count). The molecule has 0 saturated carbocycles. The minimum Gasteiger partial charge on any atom is -0.497 e. The van der Waals surface area contributed by atoms with E-state index >= 15 is 0 Å². The van der Waals surface area contributed by atoms with E-state index < -0.39 is 5.97 Å². The molecule has 1 aromatic heterocycles. The van der Waals surface area contributed by atoms with Crippen molar-refractivity contribution in [2.45, 2.75) is 0 Å². The lowest BCUT2D eigenvalue weighted by Crippen LogP contribution is -2.19. The highest BCUT2D eigenvalue weighted by Gasteiger charge is 2.09. The number of aromatic nitrogens is 2. The van der Waals surface area contributed by atoms with E-state index in [4.69, 9.17) is 9.84 Å². The maximum Gasteiger partial charge on any atom is 0.335 e. The summed E-state index contributed by atoms with van der Waals surface area (Å²) in [4.78, 5) is 27.6. The first-order valence-corrected chi connectivity index (χ1v) is 6.49. The average Bonchev–Trinajstić information content (AvgIpc) is 2.55. The number of methoxy groups -OCH3 is 1. The van der Waals surface area contributed by atoms with Crippen LogP contribution in [0.15, 0.2) is 53.6 Å². The first kappa shape index (κ1) is 13.8. The number of carboxylic acids is 1. The van der Waals surface area contributed by atoms with Gasteiger partial charge in [-0.05, 0) is 42.5 Å². The summed E-state index contributed by atoms with van der Waals surface area (Å²) in [5, 5.41) is 9.34. The molecule has 0 saturated heterocycles. The third-order valence-electron chi connectivity index (χ3n) is 3.36. The van der Waals surface area contributed by atoms with Crippen molar-refractivity contribution >= 4 is 16.9 Å². The van der Waals surface area contributed by atoms with Crippen LogP contribution in [0.25, 0.3) is 16.6 Å². The Balaban J connectivity index is 2.15. The van der Waals surface area contributed by atoms with Crippen LogP contribution in [0, 0.1) is 0 Å². The van der Waals surface area contributed by atoms with Gasteiger partial charge in [-0.2, -0.15) is 0 Å². The fourth-order valence-electron chi connectivity index (χ4n) is 2.18. The average molecular weight is 296 g/mol. The molecule has 0 fully saturated rings. The fraction of sp³-hybridized carbons (Fsp3) is 0.0625. The monoisotopic (exact) mass is 296 g/mol. The lowest BCUT2D eigenvalue weighted by atomic mass is 10.1. The molecule has 3 aromatic rings. The van der Waals surface area contributed by atoms with E-state index in [1.54, 1.807) is 31.4 Å². The Morgan fingerprint density at radius 3 is 2.55 bits per heavy atom. The fourth-order valence-corrected chi connectivity index (χ4v) is 2.18. The molecule has 0 amide bonds. The molecule has 0 spiro atoms. The van der Waals surface area contributed by atoms with E-state index in [-0.39, 0.29) is 11.1 Å². The normalized spacial score (nSPS) is 10.6. The van der Waals surface area contributed by atoms with Gasteiger partial charge in [0.15, 0.2) is 0 Å². The largest absolute Gasteiger partial charge is 0.497 e. The number of benzene rings is 2. The molecule has 0 bridgehead atoms. The number of hydrogen-bond donors (Lipinski definition) is 1. The van der Waals surface area contributed by atoms with Crippen LogP contribution in [0.4, 0.5) is 0 Å². The van der Waals surface area contributed by atoms with Crippen molar-refractivity contribution in [3.63, 3.8) is 0 Å². The van der Waals surface area contributed by atoms with E-state index in [0.717, 1.165) is 0 Å². The van der Waals surface area contributed by atoms with Crippen LogP contribution < -0.4 is 10.3 Å². The number of nitrogens with zero attached hydrogens (tertiary/aromatic N) is 2. The molecule has 0 radical (unpaired) electrons. The Kier molecular flexibility index (Phi) is 3.34. The number of ether oxygens (including phenoxy) is 1. The molecule has 0 aliphatic heterocycles. The van der Waals surface area contributed by atoms with Gasteiger partial charge in [0.1, 0.15) is 12.1 Å². The molecule has 0 aliphatic carbocycles. The lowest BCUT2D eigenvalue weighted by Gasteiger charge is -2.08.